The molecule has 5 aromatic rings. The fourth-order valence-corrected chi connectivity index (χ4v) is 4.24. The Balaban J connectivity index is 1.51. The van der Waals surface area contributed by atoms with Gasteiger partial charge in [0.2, 0.25) is 5.91 Å². The van der Waals surface area contributed by atoms with E-state index in [0.717, 1.165) is 15.6 Å². The maximum atomic E-state index is 13.2. The predicted octanol–water partition coefficient (Wildman–Crippen LogP) is 5.32. The van der Waals surface area contributed by atoms with Gasteiger partial charge in [-0.25, -0.2) is 9.97 Å². The first kappa shape index (κ1) is 19.0. The van der Waals surface area contributed by atoms with Crippen LogP contribution in [0.25, 0.3) is 32.6 Å². The first-order valence-corrected chi connectivity index (χ1v) is 10.3. The number of para-hydroxylation sites is 1. The summed E-state index contributed by atoms with van der Waals surface area (Å²) >= 11 is 1.34. The molecular weight excluding hydrogens is 412 g/mol. The molecule has 0 aliphatic heterocycles. The number of hydrogen-bond donors (Lipinski definition) is 2. The molecule has 31 heavy (non-hydrogen) atoms. The van der Waals surface area contributed by atoms with Crippen LogP contribution in [0, 0.1) is 0 Å². The van der Waals surface area contributed by atoms with Crippen molar-refractivity contribution in [2.75, 3.05) is 10.6 Å². The lowest BCUT2D eigenvalue weighted by Crippen LogP contribution is -2.12. The molecule has 7 nitrogen and oxygen atoms in total. The number of hydrogen-bond acceptors (Lipinski definition) is 6. The lowest BCUT2D eigenvalue weighted by Gasteiger charge is -2.08. The van der Waals surface area contributed by atoms with Gasteiger partial charge in [0.1, 0.15) is 5.69 Å². The van der Waals surface area contributed by atoms with Crippen LogP contribution in [0.3, 0.4) is 0 Å². The summed E-state index contributed by atoms with van der Waals surface area (Å²) in [5, 5.41) is 6.86. The van der Waals surface area contributed by atoms with E-state index in [4.69, 9.17) is 4.42 Å². The van der Waals surface area contributed by atoms with Gasteiger partial charge in [-0.15, -0.1) is 0 Å². The summed E-state index contributed by atoms with van der Waals surface area (Å²) < 4.78 is 6.32. The molecule has 8 heteroatoms. The fraction of sp³-hybridized carbons (Fsp3) is 0.0435. The van der Waals surface area contributed by atoms with Crippen molar-refractivity contribution in [3.8, 4) is 11.5 Å². The van der Waals surface area contributed by atoms with Crippen LogP contribution < -0.4 is 10.6 Å². The standard InChI is InChI=1S/C23H16N4O3S/c1-13(28)24-14-8-9-18-21(11-14)31-23(26-18)27-22(29)16-12-19(20-7-4-10-30-20)25-17-6-3-2-5-15(16)17/h2-12H,1H3,(H,24,28)(H,26,27,29). The molecule has 0 spiro atoms. The van der Waals surface area contributed by atoms with E-state index in [1.54, 1.807) is 30.5 Å². The largest absolute Gasteiger partial charge is 0.463 e. The zero-order valence-electron chi connectivity index (χ0n) is 16.4. The second kappa shape index (κ2) is 7.66. The molecule has 0 radical (unpaired) electrons. The summed E-state index contributed by atoms with van der Waals surface area (Å²) in [6.07, 6.45) is 1.57. The molecule has 0 saturated carbocycles. The van der Waals surface area contributed by atoms with E-state index >= 15 is 0 Å². The van der Waals surface area contributed by atoms with E-state index in [1.807, 2.05) is 36.4 Å². The van der Waals surface area contributed by atoms with Crippen molar-refractivity contribution in [3.63, 3.8) is 0 Å². The Morgan fingerprint density at radius 1 is 0.935 bits per heavy atom. The molecule has 152 valence electrons. The zero-order chi connectivity index (χ0) is 21.4. The predicted molar refractivity (Wildman–Crippen MR) is 121 cm³/mol. The van der Waals surface area contributed by atoms with Gasteiger partial charge in [-0.2, -0.15) is 0 Å². The number of benzene rings is 2. The molecular formula is C23H16N4O3S. The molecule has 0 saturated heterocycles. The summed E-state index contributed by atoms with van der Waals surface area (Å²) in [4.78, 5) is 33.6. The Labute approximate surface area is 180 Å². The van der Waals surface area contributed by atoms with Crippen molar-refractivity contribution in [2.24, 2.45) is 0 Å². The number of aromatic nitrogens is 2. The highest BCUT2D eigenvalue weighted by molar-refractivity contribution is 7.22. The number of nitrogens with one attached hydrogen (secondary N) is 2. The van der Waals surface area contributed by atoms with Gasteiger partial charge in [-0.05, 0) is 42.5 Å². The monoisotopic (exact) mass is 428 g/mol. The molecule has 2 aromatic carbocycles. The number of rotatable bonds is 4. The van der Waals surface area contributed by atoms with Crippen molar-refractivity contribution >= 4 is 55.1 Å². The number of anilines is 2. The minimum atomic E-state index is -0.285. The SMILES string of the molecule is CC(=O)Nc1ccc2nc(NC(=O)c3cc(-c4ccco4)nc4ccccc34)sc2c1. The van der Waals surface area contributed by atoms with Crippen LogP contribution in [0.1, 0.15) is 17.3 Å². The number of nitrogens with zero attached hydrogens (tertiary/aromatic N) is 2. The molecule has 0 aliphatic rings. The maximum absolute atomic E-state index is 13.2. The fourth-order valence-electron chi connectivity index (χ4n) is 3.34. The number of thiazole rings is 1. The van der Waals surface area contributed by atoms with Gasteiger partial charge in [0.05, 0.1) is 27.6 Å². The molecule has 0 aliphatic carbocycles. The number of carbonyl (C=O) groups excluding carboxylic acids is 2. The molecule has 0 bridgehead atoms. The average molecular weight is 428 g/mol. The summed E-state index contributed by atoms with van der Waals surface area (Å²) in [5.41, 5.74) is 3.19. The van der Waals surface area contributed by atoms with Gasteiger partial charge in [-0.1, -0.05) is 29.5 Å². The van der Waals surface area contributed by atoms with Gasteiger partial charge < -0.3 is 9.73 Å². The third-order valence-corrected chi connectivity index (χ3v) is 5.60. The zero-order valence-corrected chi connectivity index (χ0v) is 17.2. The van der Waals surface area contributed by atoms with E-state index in [0.29, 0.717) is 33.4 Å². The van der Waals surface area contributed by atoms with Crippen LogP contribution in [0.2, 0.25) is 0 Å². The molecule has 2 N–H and O–H groups in total. The highest BCUT2D eigenvalue weighted by Gasteiger charge is 2.17. The molecule has 0 atom stereocenters. The summed E-state index contributed by atoms with van der Waals surface area (Å²) in [7, 11) is 0. The minimum Gasteiger partial charge on any atom is -0.463 e. The maximum Gasteiger partial charge on any atom is 0.258 e. The Morgan fingerprint density at radius 3 is 2.61 bits per heavy atom. The second-order valence-corrected chi connectivity index (χ2v) is 7.92. The van der Waals surface area contributed by atoms with E-state index in [2.05, 4.69) is 20.6 Å². The van der Waals surface area contributed by atoms with Crippen LogP contribution in [0.4, 0.5) is 10.8 Å². The van der Waals surface area contributed by atoms with Gasteiger partial charge in [0.15, 0.2) is 10.9 Å². The third kappa shape index (κ3) is 3.76. The normalized spacial score (nSPS) is 11.0. The quantitative estimate of drug-likeness (QED) is 0.404. The van der Waals surface area contributed by atoms with Crippen molar-refractivity contribution in [1.29, 1.82) is 0 Å². The topological polar surface area (TPSA) is 97.1 Å². The second-order valence-electron chi connectivity index (χ2n) is 6.89. The lowest BCUT2D eigenvalue weighted by atomic mass is 10.1. The van der Waals surface area contributed by atoms with Gasteiger partial charge in [-0.3, -0.25) is 14.9 Å². The van der Waals surface area contributed by atoms with Gasteiger partial charge in [0.25, 0.3) is 5.91 Å². The highest BCUT2D eigenvalue weighted by atomic mass is 32.1. The van der Waals surface area contributed by atoms with E-state index in [9.17, 15) is 9.59 Å². The lowest BCUT2D eigenvalue weighted by molar-refractivity contribution is -0.114. The van der Waals surface area contributed by atoms with Crippen molar-refractivity contribution in [3.05, 3.63) is 72.5 Å². The van der Waals surface area contributed by atoms with Gasteiger partial charge >= 0.3 is 0 Å². The molecule has 3 aromatic heterocycles. The number of pyridine rings is 1. The number of furan rings is 1. The summed E-state index contributed by atoms with van der Waals surface area (Å²) in [6.45, 7) is 1.46. The molecule has 3 heterocycles. The minimum absolute atomic E-state index is 0.144. The summed E-state index contributed by atoms with van der Waals surface area (Å²) in [5.74, 6) is 0.159. The third-order valence-electron chi connectivity index (χ3n) is 4.66. The first-order chi connectivity index (χ1) is 15.1. The van der Waals surface area contributed by atoms with Crippen molar-refractivity contribution < 1.29 is 14.0 Å². The van der Waals surface area contributed by atoms with E-state index in [1.165, 1.54) is 18.3 Å². The van der Waals surface area contributed by atoms with Crippen LogP contribution >= 0.6 is 11.3 Å². The van der Waals surface area contributed by atoms with E-state index in [-0.39, 0.29) is 11.8 Å². The Kier molecular flexibility index (Phi) is 4.68. The molecule has 5 rings (SSSR count). The van der Waals surface area contributed by atoms with Crippen molar-refractivity contribution in [1.82, 2.24) is 9.97 Å². The van der Waals surface area contributed by atoms with Crippen LogP contribution in [-0.4, -0.2) is 21.8 Å². The summed E-state index contributed by atoms with van der Waals surface area (Å²) in [6, 6.07) is 18.2. The first-order valence-electron chi connectivity index (χ1n) is 9.50. The van der Waals surface area contributed by atoms with Crippen LogP contribution in [-0.2, 0) is 4.79 Å². The molecule has 2 amide bonds. The Bertz CT molecular complexity index is 1440. The number of fused-ring (bicyclic) bond motifs is 2. The van der Waals surface area contributed by atoms with Crippen LogP contribution in [0.15, 0.2) is 71.3 Å². The molecule has 0 unspecified atom stereocenters. The van der Waals surface area contributed by atoms with Crippen molar-refractivity contribution in [2.45, 2.75) is 6.92 Å². The molecule has 0 fully saturated rings. The average Bonchev–Trinajstić information content (AvgIpc) is 3.42. The van der Waals surface area contributed by atoms with E-state index < -0.39 is 0 Å². The Morgan fingerprint density at radius 2 is 1.81 bits per heavy atom. The number of amides is 2. The smallest absolute Gasteiger partial charge is 0.258 e. The van der Waals surface area contributed by atoms with Gasteiger partial charge in [0, 0.05) is 18.0 Å². The number of carbonyl (C=O) groups is 2. The van der Waals surface area contributed by atoms with Crippen LogP contribution in [0.5, 0.6) is 0 Å². The highest BCUT2D eigenvalue weighted by Crippen LogP contribution is 2.30. The Hall–Kier alpha value is -4.04.